The van der Waals surface area contributed by atoms with E-state index in [1.165, 1.54) is 0 Å². The first-order valence-electron chi connectivity index (χ1n) is 5.35. The summed E-state index contributed by atoms with van der Waals surface area (Å²) in [6.45, 7) is 0.660. The first-order valence-corrected chi connectivity index (χ1v) is 5.35. The molecule has 4 nitrogen and oxygen atoms in total. The van der Waals surface area contributed by atoms with E-state index < -0.39 is 11.9 Å². The molecule has 2 aliphatic rings. The summed E-state index contributed by atoms with van der Waals surface area (Å²) in [7, 11) is 0. The Bertz CT molecular complexity index is 189. The Kier molecular flexibility index (Phi) is 3.07. The summed E-state index contributed by atoms with van der Waals surface area (Å²) < 4.78 is 11.3. The predicted molar refractivity (Wildman–Crippen MR) is 49.7 cm³/mol. The summed E-state index contributed by atoms with van der Waals surface area (Å²) in [5.74, 6) is -0.608. The smallest absolute Gasteiger partial charge is 0.171 e. The second kappa shape index (κ2) is 4.14. The molecule has 4 heteroatoms. The average Bonchev–Trinajstić information content (AvgIpc) is 2.17. The van der Waals surface area contributed by atoms with Crippen LogP contribution in [0.15, 0.2) is 0 Å². The summed E-state index contributed by atoms with van der Waals surface area (Å²) in [6, 6.07) is 0. The Morgan fingerprint density at radius 1 is 1.36 bits per heavy atom. The topological polar surface area (TPSA) is 58.9 Å². The van der Waals surface area contributed by atoms with Crippen LogP contribution >= 0.6 is 0 Å². The van der Waals surface area contributed by atoms with Crippen LogP contribution < -0.4 is 0 Å². The lowest BCUT2D eigenvalue weighted by atomic mass is 9.93. The average molecular weight is 202 g/mol. The van der Waals surface area contributed by atoms with Crippen LogP contribution in [-0.4, -0.2) is 41.4 Å². The Morgan fingerprint density at radius 3 is 2.86 bits per heavy atom. The van der Waals surface area contributed by atoms with Gasteiger partial charge in [-0.1, -0.05) is 0 Å². The van der Waals surface area contributed by atoms with Gasteiger partial charge in [0.25, 0.3) is 0 Å². The highest BCUT2D eigenvalue weighted by molar-refractivity contribution is 4.85. The first-order chi connectivity index (χ1) is 6.74. The number of hydrogen-bond donors (Lipinski definition) is 2. The molecule has 2 rings (SSSR count). The molecule has 14 heavy (non-hydrogen) atoms. The lowest BCUT2D eigenvalue weighted by molar-refractivity contribution is -0.312. The molecule has 0 aromatic carbocycles. The van der Waals surface area contributed by atoms with Crippen LogP contribution in [0.2, 0.25) is 0 Å². The van der Waals surface area contributed by atoms with Gasteiger partial charge in [0, 0.05) is 19.3 Å². The molecule has 0 bridgehead atoms. The van der Waals surface area contributed by atoms with Crippen LogP contribution in [0.25, 0.3) is 0 Å². The van der Waals surface area contributed by atoms with Crippen molar-refractivity contribution in [3.8, 4) is 0 Å². The Balaban J connectivity index is 2.02. The minimum absolute atomic E-state index is 0.0395. The van der Waals surface area contributed by atoms with Gasteiger partial charge < -0.3 is 19.7 Å². The normalized spacial score (nSPS) is 44.1. The fourth-order valence-corrected chi connectivity index (χ4v) is 2.34. The van der Waals surface area contributed by atoms with E-state index in [2.05, 4.69) is 0 Å². The summed E-state index contributed by atoms with van der Waals surface area (Å²) in [6.07, 6.45) is 3.36. The van der Waals surface area contributed by atoms with E-state index in [1.807, 2.05) is 0 Å². The van der Waals surface area contributed by atoms with Gasteiger partial charge in [0.2, 0.25) is 0 Å². The first kappa shape index (κ1) is 10.4. The standard InChI is InChI=1S/C10H18O4/c11-7-9-5-8(12)6-10(14-9)3-1-2-4-13-10/h8-9,11-12H,1-7H2/t8-,9-,10-/m0/s1. The number of aliphatic hydroxyl groups excluding tert-OH is 2. The Labute approximate surface area is 83.8 Å². The van der Waals surface area contributed by atoms with E-state index in [-0.39, 0.29) is 12.7 Å². The third-order valence-electron chi connectivity index (χ3n) is 2.98. The van der Waals surface area contributed by atoms with Gasteiger partial charge in [-0.25, -0.2) is 0 Å². The second-order valence-corrected chi connectivity index (χ2v) is 4.23. The fraction of sp³-hybridized carbons (Fsp3) is 1.00. The van der Waals surface area contributed by atoms with Crippen molar-refractivity contribution in [2.45, 2.75) is 50.1 Å². The minimum atomic E-state index is -0.608. The molecule has 82 valence electrons. The molecule has 3 atom stereocenters. The molecule has 0 aromatic heterocycles. The van der Waals surface area contributed by atoms with Crippen molar-refractivity contribution in [3.63, 3.8) is 0 Å². The van der Waals surface area contributed by atoms with Crippen LogP contribution in [0, 0.1) is 0 Å². The van der Waals surface area contributed by atoms with E-state index in [4.69, 9.17) is 14.6 Å². The third-order valence-corrected chi connectivity index (χ3v) is 2.98. The van der Waals surface area contributed by atoms with Gasteiger partial charge in [-0.3, -0.25) is 0 Å². The molecule has 0 saturated carbocycles. The molecule has 2 heterocycles. The molecule has 2 N–H and O–H groups in total. The van der Waals surface area contributed by atoms with E-state index in [0.29, 0.717) is 19.4 Å². The van der Waals surface area contributed by atoms with Gasteiger partial charge in [0.1, 0.15) is 0 Å². The van der Waals surface area contributed by atoms with Crippen molar-refractivity contribution < 1.29 is 19.7 Å². The SMILES string of the molecule is OC[C@@H]1C[C@H](O)C[C@]2(CCCCO2)O1. The summed E-state index contributed by atoms with van der Waals surface area (Å²) in [5, 5.41) is 18.7. The highest BCUT2D eigenvalue weighted by Gasteiger charge is 2.42. The summed E-state index contributed by atoms with van der Waals surface area (Å²) in [4.78, 5) is 0. The van der Waals surface area contributed by atoms with E-state index in [1.54, 1.807) is 0 Å². The molecule has 0 aromatic rings. The van der Waals surface area contributed by atoms with Crippen molar-refractivity contribution in [2.75, 3.05) is 13.2 Å². The lowest BCUT2D eigenvalue weighted by Gasteiger charge is -2.44. The second-order valence-electron chi connectivity index (χ2n) is 4.23. The highest BCUT2D eigenvalue weighted by Crippen LogP contribution is 2.36. The number of aliphatic hydroxyl groups is 2. The van der Waals surface area contributed by atoms with Gasteiger partial charge in [-0.2, -0.15) is 0 Å². The van der Waals surface area contributed by atoms with Gasteiger partial charge >= 0.3 is 0 Å². The van der Waals surface area contributed by atoms with Crippen LogP contribution in [-0.2, 0) is 9.47 Å². The molecule has 0 amide bonds. The predicted octanol–water partition coefficient (Wildman–Crippen LogP) is 0.415. The zero-order chi connectivity index (χ0) is 10.0. The van der Waals surface area contributed by atoms with Crippen LogP contribution in [0.4, 0.5) is 0 Å². The molecular weight excluding hydrogens is 184 g/mol. The monoisotopic (exact) mass is 202 g/mol. The Morgan fingerprint density at radius 2 is 2.21 bits per heavy atom. The quantitative estimate of drug-likeness (QED) is 0.647. The van der Waals surface area contributed by atoms with Crippen molar-refractivity contribution in [1.82, 2.24) is 0 Å². The third kappa shape index (κ3) is 2.08. The van der Waals surface area contributed by atoms with Crippen molar-refractivity contribution in [2.24, 2.45) is 0 Å². The maximum absolute atomic E-state index is 9.66. The van der Waals surface area contributed by atoms with Crippen molar-refractivity contribution in [1.29, 1.82) is 0 Å². The number of ether oxygens (including phenoxy) is 2. The zero-order valence-electron chi connectivity index (χ0n) is 8.32. The molecule has 0 aliphatic carbocycles. The van der Waals surface area contributed by atoms with Gasteiger partial charge in [0.15, 0.2) is 5.79 Å². The van der Waals surface area contributed by atoms with Crippen LogP contribution in [0.3, 0.4) is 0 Å². The molecule has 0 unspecified atom stereocenters. The molecule has 2 saturated heterocycles. The maximum Gasteiger partial charge on any atom is 0.171 e. The van der Waals surface area contributed by atoms with Crippen LogP contribution in [0.5, 0.6) is 0 Å². The maximum atomic E-state index is 9.66. The molecule has 1 spiro atoms. The number of hydrogen-bond acceptors (Lipinski definition) is 4. The van der Waals surface area contributed by atoms with E-state index >= 15 is 0 Å². The lowest BCUT2D eigenvalue weighted by Crippen LogP contribution is -2.50. The number of rotatable bonds is 1. The van der Waals surface area contributed by atoms with Gasteiger partial charge in [-0.05, 0) is 12.8 Å². The van der Waals surface area contributed by atoms with Gasteiger partial charge in [0.05, 0.1) is 25.4 Å². The summed E-state index contributed by atoms with van der Waals surface area (Å²) >= 11 is 0. The Hall–Kier alpha value is -0.160. The molecule has 2 aliphatic heterocycles. The summed E-state index contributed by atoms with van der Waals surface area (Å²) in [5.41, 5.74) is 0. The van der Waals surface area contributed by atoms with Gasteiger partial charge in [-0.15, -0.1) is 0 Å². The zero-order valence-corrected chi connectivity index (χ0v) is 8.32. The minimum Gasteiger partial charge on any atom is -0.394 e. The van der Waals surface area contributed by atoms with Crippen LogP contribution in [0.1, 0.15) is 32.1 Å². The highest BCUT2D eigenvalue weighted by atomic mass is 16.7. The van der Waals surface area contributed by atoms with E-state index in [9.17, 15) is 5.11 Å². The fourth-order valence-electron chi connectivity index (χ4n) is 2.34. The van der Waals surface area contributed by atoms with E-state index in [0.717, 1.165) is 19.3 Å². The molecular formula is C10H18O4. The molecule has 0 radical (unpaired) electrons. The van der Waals surface area contributed by atoms with Crippen molar-refractivity contribution in [3.05, 3.63) is 0 Å². The molecule has 2 fully saturated rings. The van der Waals surface area contributed by atoms with Crippen molar-refractivity contribution >= 4 is 0 Å². The largest absolute Gasteiger partial charge is 0.394 e.